The molecule has 1 aliphatic rings. The van der Waals surface area contributed by atoms with E-state index in [1.165, 1.54) is 26.0 Å². The molecule has 0 aliphatic carbocycles. The number of benzene rings is 1. The molecule has 0 amide bonds. The Balaban J connectivity index is 1.63. The fourth-order valence-corrected chi connectivity index (χ4v) is 3.86. The first-order valence-electron chi connectivity index (χ1n) is 8.25. The van der Waals surface area contributed by atoms with Crippen molar-refractivity contribution in [1.29, 1.82) is 0 Å². The van der Waals surface area contributed by atoms with Gasteiger partial charge < -0.3 is 9.64 Å². The van der Waals surface area contributed by atoms with Crippen LogP contribution in [0.1, 0.15) is 12.8 Å². The normalized spacial score (nSPS) is 14.1. The Morgan fingerprint density at radius 3 is 2.72 bits per heavy atom. The predicted octanol–water partition coefficient (Wildman–Crippen LogP) is 4.62. The minimum Gasteiger partial charge on any atom is -0.494 e. The molecule has 128 valence electrons. The van der Waals surface area contributed by atoms with Gasteiger partial charge in [-0.25, -0.2) is 14.4 Å². The minimum absolute atomic E-state index is 0.239. The lowest BCUT2D eigenvalue weighted by molar-refractivity contribution is 0.386. The molecule has 3 aromatic rings. The highest BCUT2D eigenvalue weighted by molar-refractivity contribution is 7.13. The second kappa shape index (κ2) is 6.80. The molecule has 0 saturated carbocycles. The summed E-state index contributed by atoms with van der Waals surface area (Å²) in [6.45, 7) is 2.12. The van der Waals surface area contributed by atoms with Gasteiger partial charge in [0, 0.05) is 35.8 Å². The van der Waals surface area contributed by atoms with Crippen LogP contribution < -0.4 is 9.64 Å². The molecular weight excluding hydrogens is 337 g/mol. The van der Waals surface area contributed by atoms with E-state index >= 15 is 0 Å². The molecule has 25 heavy (non-hydrogen) atoms. The summed E-state index contributed by atoms with van der Waals surface area (Å²) in [6, 6.07) is 8.96. The quantitative estimate of drug-likeness (QED) is 0.684. The van der Waals surface area contributed by atoms with Crippen LogP contribution in [0.4, 0.5) is 10.2 Å². The zero-order valence-electron chi connectivity index (χ0n) is 13.9. The maximum atomic E-state index is 13.9. The van der Waals surface area contributed by atoms with E-state index in [0.717, 1.165) is 40.7 Å². The SMILES string of the molecule is COc1ccc(-c2csc(-c3ccnc(N4CCCC4)c3)n2)cc1F. The summed E-state index contributed by atoms with van der Waals surface area (Å²) < 4.78 is 18.9. The van der Waals surface area contributed by atoms with Gasteiger partial charge in [-0.05, 0) is 43.2 Å². The molecule has 0 radical (unpaired) electrons. The number of nitrogens with zero attached hydrogens (tertiary/aromatic N) is 3. The molecule has 0 bridgehead atoms. The molecule has 6 heteroatoms. The van der Waals surface area contributed by atoms with E-state index in [2.05, 4.69) is 20.9 Å². The fraction of sp³-hybridized carbons (Fsp3) is 0.263. The van der Waals surface area contributed by atoms with Crippen LogP contribution in [-0.2, 0) is 0 Å². The molecule has 0 atom stereocenters. The molecule has 1 aliphatic heterocycles. The van der Waals surface area contributed by atoms with Crippen molar-refractivity contribution in [3.8, 4) is 27.6 Å². The third-order valence-corrected chi connectivity index (χ3v) is 5.27. The molecule has 1 aromatic carbocycles. The predicted molar refractivity (Wildman–Crippen MR) is 98.7 cm³/mol. The van der Waals surface area contributed by atoms with Gasteiger partial charge in [-0.2, -0.15) is 0 Å². The minimum atomic E-state index is -0.380. The Kier molecular flexibility index (Phi) is 4.36. The smallest absolute Gasteiger partial charge is 0.165 e. The molecular formula is C19H18FN3OS. The number of halogens is 1. The van der Waals surface area contributed by atoms with Crippen LogP contribution in [0.3, 0.4) is 0 Å². The molecule has 3 heterocycles. The summed E-state index contributed by atoms with van der Waals surface area (Å²) >= 11 is 1.55. The van der Waals surface area contributed by atoms with Gasteiger partial charge in [0.25, 0.3) is 0 Å². The monoisotopic (exact) mass is 355 g/mol. The average Bonchev–Trinajstić information content (AvgIpc) is 3.34. The largest absolute Gasteiger partial charge is 0.494 e. The first-order valence-corrected chi connectivity index (χ1v) is 9.13. The maximum absolute atomic E-state index is 13.9. The van der Waals surface area contributed by atoms with Crippen molar-refractivity contribution in [3.05, 3.63) is 47.7 Å². The Morgan fingerprint density at radius 2 is 1.96 bits per heavy atom. The van der Waals surface area contributed by atoms with Gasteiger partial charge in [0.05, 0.1) is 12.8 Å². The van der Waals surface area contributed by atoms with Crippen LogP contribution in [-0.4, -0.2) is 30.2 Å². The van der Waals surface area contributed by atoms with Gasteiger partial charge in [0.15, 0.2) is 11.6 Å². The maximum Gasteiger partial charge on any atom is 0.165 e. The van der Waals surface area contributed by atoms with E-state index in [1.54, 1.807) is 17.4 Å². The number of thiazole rings is 1. The highest BCUT2D eigenvalue weighted by Gasteiger charge is 2.15. The summed E-state index contributed by atoms with van der Waals surface area (Å²) in [7, 11) is 1.46. The summed E-state index contributed by atoms with van der Waals surface area (Å²) in [4.78, 5) is 11.5. The fourth-order valence-electron chi connectivity index (χ4n) is 3.04. The second-order valence-corrected chi connectivity index (χ2v) is 6.84. The van der Waals surface area contributed by atoms with Crippen LogP contribution in [0.2, 0.25) is 0 Å². The van der Waals surface area contributed by atoms with Gasteiger partial charge in [0.2, 0.25) is 0 Å². The van der Waals surface area contributed by atoms with Crippen molar-refractivity contribution < 1.29 is 9.13 Å². The summed E-state index contributed by atoms with van der Waals surface area (Å²) in [5.74, 6) is 0.862. The third kappa shape index (κ3) is 3.22. The second-order valence-electron chi connectivity index (χ2n) is 5.98. The molecule has 0 unspecified atom stereocenters. The Hall–Kier alpha value is -2.47. The first kappa shape index (κ1) is 16.0. The topological polar surface area (TPSA) is 38.2 Å². The Labute approximate surface area is 149 Å². The van der Waals surface area contributed by atoms with E-state index in [1.807, 2.05) is 23.7 Å². The Morgan fingerprint density at radius 1 is 1.12 bits per heavy atom. The van der Waals surface area contributed by atoms with Crippen molar-refractivity contribution in [2.24, 2.45) is 0 Å². The lowest BCUT2D eigenvalue weighted by Gasteiger charge is -2.16. The highest BCUT2D eigenvalue weighted by Crippen LogP contribution is 2.32. The van der Waals surface area contributed by atoms with Crippen LogP contribution in [0.25, 0.3) is 21.8 Å². The molecule has 4 nitrogen and oxygen atoms in total. The lowest BCUT2D eigenvalue weighted by atomic mass is 10.1. The number of rotatable bonds is 4. The summed E-state index contributed by atoms with van der Waals surface area (Å²) in [6.07, 6.45) is 4.27. The van der Waals surface area contributed by atoms with E-state index in [0.29, 0.717) is 0 Å². The molecule has 1 fully saturated rings. The standard InChI is InChI=1S/C19H18FN3OS/c1-24-17-5-4-13(10-15(17)20)16-12-25-19(22-16)14-6-7-21-18(11-14)23-8-2-3-9-23/h4-7,10-12H,2-3,8-9H2,1H3. The number of anilines is 1. The van der Waals surface area contributed by atoms with Crippen molar-refractivity contribution >= 4 is 17.2 Å². The van der Waals surface area contributed by atoms with Crippen LogP contribution in [0, 0.1) is 5.82 Å². The number of methoxy groups -OCH3 is 1. The van der Waals surface area contributed by atoms with E-state index < -0.39 is 0 Å². The van der Waals surface area contributed by atoms with Gasteiger partial charge >= 0.3 is 0 Å². The zero-order chi connectivity index (χ0) is 17.2. The van der Waals surface area contributed by atoms with E-state index in [-0.39, 0.29) is 11.6 Å². The third-order valence-electron chi connectivity index (χ3n) is 4.37. The van der Waals surface area contributed by atoms with E-state index in [4.69, 9.17) is 4.74 Å². The van der Waals surface area contributed by atoms with Gasteiger partial charge in [0.1, 0.15) is 10.8 Å². The van der Waals surface area contributed by atoms with Crippen molar-refractivity contribution in [1.82, 2.24) is 9.97 Å². The van der Waals surface area contributed by atoms with Crippen molar-refractivity contribution in [2.45, 2.75) is 12.8 Å². The lowest BCUT2D eigenvalue weighted by Crippen LogP contribution is -2.18. The number of aromatic nitrogens is 2. The van der Waals surface area contributed by atoms with Gasteiger partial charge in [-0.3, -0.25) is 0 Å². The van der Waals surface area contributed by atoms with Crippen LogP contribution in [0.15, 0.2) is 41.9 Å². The molecule has 1 saturated heterocycles. The number of hydrogen-bond acceptors (Lipinski definition) is 5. The van der Waals surface area contributed by atoms with Crippen molar-refractivity contribution in [3.63, 3.8) is 0 Å². The zero-order valence-corrected chi connectivity index (χ0v) is 14.7. The Bertz CT molecular complexity index is 890. The summed E-state index contributed by atoms with van der Waals surface area (Å²) in [5.41, 5.74) is 2.55. The number of ether oxygens (including phenoxy) is 1. The molecule has 4 rings (SSSR count). The summed E-state index contributed by atoms with van der Waals surface area (Å²) in [5, 5.41) is 2.86. The van der Waals surface area contributed by atoms with Gasteiger partial charge in [-0.1, -0.05) is 0 Å². The number of hydrogen-bond donors (Lipinski definition) is 0. The van der Waals surface area contributed by atoms with E-state index in [9.17, 15) is 4.39 Å². The van der Waals surface area contributed by atoms with Crippen LogP contribution in [0.5, 0.6) is 5.75 Å². The van der Waals surface area contributed by atoms with Crippen molar-refractivity contribution in [2.75, 3.05) is 25.1 Å². The van der Waals surface area contributed by atoms with Crippen LogP contribution >= 0.6 is 11.3 Å². The highest BCUT2D eigenvalue weighted by atomic mass is 32.1. The molecule has 0 N–H and O–H groups in total. The number of pyridine rings is 1. The first-order chi connectivity index (χ1) is 12.2. The average molecular weight is 355 g/mol. The molecule has 0 spiro atoms. The van der Waals surface area contributed by atoms with Gasteiger partial charge in [-0.15, -0.1) is 11.3 Å². The molecule has 2 aromatic heterocycles.